The molecule has 2 rings (SSSR count). The molecule has 1 aliphatic carbocycles. The van der Waals surface area contributed by atoms with Crippen LogP contribution in [0.3, 0.4) is 0 Å². The Morgan fingerprint density at radius 2 is 1.92 bits per heavy atom. The van der Waals surface area contributed by atoms with Crippen LogP contribution in [0.4, 0.5) is 4.79 Å². The summed E-state index contributed by atoms with van der Waals surface area (Å²) in [6, 6.07) is 0.0577. The van der Waals surface area contributed by atoms with Gasteiger partial charge in [0.1, 0.15) is 11.3 Å². The van der Waals surface area contributed by atoms with Gasteiger partial charge in [-0.2, -0.15) is 0 Å². The van der Waals surface area contributed by atoms with Gasteiger partial charge in [-0.3, -0.25) is 4.90 Å². The van der Waals surface area contributed by atoms with Crippen molar-refractivity contribution >= 4 is 6.09 Å². The second-order valence-electron chi connectivity index (χ2n) is 10.2. The van der Waals surface area contributed by atoms with Crippen molar-refractivity contribution in [3.8, 4) is 0 Å². The summed E-state index contributed by atoms with van der Waals surface area (Å²) in [5.41, 5.74) is 0.712. The monoisotopic (exact) mass is 351 g/mol. The molecule has 0 radical (unpaired) electrons. The fourth-order valence-electron chi connectivity index (χ4n) is 3.88. The van der Waals surface area contributed by atoms with Crippen molar-refractivity contribution in [1.29, 1.82) is 0 Å². The second-order valence-corrected chi connectivity index (χ2v) is 10.2. The van der Waals surface area contributed by atoms with E-state index in [4.69, 9.17) is 9.47 Å². The van der Waals surface area contributed by atoms with Crippen LogP contribution >= 0.6 is 0 Å². The van der Waals surface area contributed by atoms with Crippen LogP contribution in [-0.2, 0) is 9.47 Å². The zero-order chi connectivity index (χ0) is 19.0. The molecule has 1 aliphatic heterocycles. The van der Waals surface area contributed by atoms with E-state index in [2.05, 4.69) is 26.8 Å². The number of carbonyl (C=O) groups excluding carboxylic acids is 1. The van der Waals surface area contributed by atoms with Crippen LogP contribution < -0.4 is 0 Å². The van der Waals surface area contributed by atoms with Gasteiger partial charge >= 0.3 is 6.09 Å². The summed E-state index contributed by atoms with van der Waals surface area (Å²) in [6.45, 7) is 17.2. The van der Waals surface area contributed by atoms with Gasteiger partial charge in [-0.25, -0.2) is 4.79 Å². The maximum absolute atomic E-state index is 12.7. The molecule has 0 spiro atoms. The molecule has 2 unspecified atom stereocenters. The number of rotatable bonds is 2. The van der Waals surface area contributed by atoms with E-state index in [0.29, 0.717) is 12.0 Å². The van der Waals surface area contributed by atoms with Crippen molar-refractivity contribution in [3.63, 3.8) is 0 Å². The Balaban J connectivity index is 2.06. The third-order valence-electron chi connectivity index (χ3n) is 5.39. The lowest BCUT2D eigenvalue weighted by atomic mass is 9.72. The summed E-state index contributed by atoms with van der Waals surface area (Å²) < 4.78 is 11.5. The molecule has 144 valence electrons. The third kappa shape index (κ3) is 5.22. The average Bonchev–Trinajstić information content (AvgIpc) is 2.71. The van der Waals surface area contributed by atoms with Crippen molar-refractivity contribution in [1.82, 2.24) is 4.90 Å². The Labute approximate surface area is 153 Å². The summed E-state index contributed by atoms with van der Waals surface area (Å²) in [5.74, 6) is 0.745. The Hall–Kier alpha value is -1.03. The topological polar surface area (TPSA) is 38.8 Å². The highest BCUT2D eigenvalue weighted by Crippen LogP contribution is 2.39. The molecule has 0 bridgehead atoms. The maximum Gasteiger partial charge on any atom is 0.412 e. The van der Waals surface area contributed by atoms with Crippen LogP contribution in [0.1, 0.15) is 81.1 Å². The van der Waals surface area contributed by atoms with Gasteiger partial charge in [0, 0.05) is 0 Å². The molecule has 0 N–H and O–H groups in total. The van der Waals surface area contributed by atoms with Crippen molar-refractivity contribution in [3.05, 3.63) is 11.6 Å². The van der Waals surface area contributed by atoms with Crippen LogP contribution in [0.2, 0.25) is 0 Å². The first-order valence-electron chi connectivity index (χ1n) is 9.64. The van der Waals surface area contributed by atoms with Gasteiger partial charge in [0.05, 0.1) is 12.6 Å². The Bertz CT molecular complexity index is 522. The smallest absolute Gasteiger partial charge is 0.412 e. The standard InChI is InChI=1S/C21H37NO3/c1-19(2,3)16-11-9-15(10-12-16)13-17-14-24-21(7,8)22(17)18(23)25-20(4,5)6/h9,16-17H,10-14H2,1-8H3. The molecule has 1 heterocycles. The number of allylic oxidation sites excluding steroid dienone is 1. The Morgan fingerprint density at radius 1 is 1.28 bits per heavy atom. The highest BCUT2D eigenvalue weighted by Gasteiger charge is 2.45. The van der Waals surface area contributed by atoms with Gasteiger partial charge in [0.15, 0.2) is 0 Å². The van der Waals surface area contributed by atoms with Gasteiger partial charge in [-0.15, -0.1) is 0 Å². The van der Waals surface area contributed by atoms with E-state index in [0.717, 1.165) is 25.2 Å². The highest BCUT2D eigenvalue weighted by atomic mass is 16.6. The normalized spacial score (nSPS) is 27.2. The second kappa shape index (κ2) is 6.94. The number of hydrogen-bond acceptors (Lipinski definition) is 3. The zero-order valence-electron chi connectivity index (χ0n) is 17.4. The molecule has 0 saturated carbocycles. The SMILES string of the molecule is CC(C)(C)OC(=O)N1C(CC2=CCC(C(C)(C)C)CC2)COC1(C)C. The van der Waals surface area contributed by atoms with Crippen LogP contribution in [0.25, 0.3) is 0 Å². The van der Waals surface area contributed by atoms with E-state index in [-0.39, 0.29) is 12.1 Å². The first-order valence-corrected chi connectivity index (χ1v) is 9.64. The van der Waals surface area contributed by atoms with Crippen LogP contribution in [-0.4, -0.2) is 35.0 Å². The molecular formula is C21H37NO3. The van der Waals surface area contributed by atoms with E-state index in [1.165, 1.54) is 12.0 Å². The fraction of sp³-hybridized carbons (Fsp3) is 0.857. The van der Waals surface area contributed by atoms with Gasteiger partial charge in [-0.1, -0.05) is 32.4 Å². The minimum absolute atomic E-state index is 0.0577. The number of amides is 1. The lowest BCUT2D eigenvalue weighted by Crippen LogP contribution is -2.50. The van der Waals surface area contributed by atoms with Crippen LogP contribution in [0.5, 0.6) is 0 Å². The number of nitrogens with zero attached hydrogens (tertiary/aromatic N) is 1. The van der Waals surface area contributed by atoms with Crippen molar-refractivity contribution in [2.24, 2.45) is 11.3 Å². The first-order chi connectivity index (χ1) is 11.3. The molecule has 1 fully saturated rings. The number of ether oxygens (including phenoxy) is 2. The summed E-state index contributed by atoms with van der Waals surface area (Å²) in [6.07, 6.45) is 6.52. The number of carbonyl (C=O) groups is 1. The molecular weight excluding hydrogens is 314 g/mol. The predicted octanol–water partition coefficient (Wildman–Crippen LogP) is 5.52. The molecule has 0 aromatic carbocycles. The van der Waals surface area contributed by atoms with Crippen molar-refractivity contribution < 1.29 is 14.3 Å². The minimum Gasteiger partial charge on any atom is -0.444 e. The van der Waals surface area contributed by atoms with Gasteiger partial charge in [0.2, 0.25) is 0 Å². The molecule has 0 aromatic heterocycles. The van der Waals surface area contributed by atoms with Crippen LogP contribution in [0, 0.1) is 11.3 Å². The quantitative estimate of drug-likeness (QED) is 0.615. The van der Waals surface area contributed by atoms with Crippen molar-refractivity contribution in [2.75, 3.05) is 6.61 Å². The number of hydrogen-bond donors (Lipinski definition) is 0. The summed E-state index contributed by atoms with van der Waals surface area (Å²) in [5, 5.41) is 0. The van der Waals surface area contributed by atoms with Crippen LogP contribution in [0.15, 0.2) is 11.6 Å². The van der Waals surface area contributed by atoms with Gasteiger partial charge in [-0.05, 0) is 71.6 Å². The molecule has 2 aliphatic rings. The molecule has 1 amide bonds. The van der Waals surface area contributed by atoms with E-state index in [9.17, 15) is 4.79 Å². The van der Waals surface area contributed by atoms with E-state index in [1.807, 2.05) is 34.6 Å². The van der Waals surface area contributed by atoms with Gasteiger partial charge < -0.3 is 9.47 Å². The average molecular weight is 352 g/mol. The Morgan fingerprint density at radius 3 is 2.40 bits per heavy atom. The lowest BCUT2D eigenvalue weighted by Gasteiger charge is -2.36. The lowest BCUT2D eigenvalue weighted by molar-refractivity contribution is -0.0624. The molecule has 25 heavy (non-hydrogen) atoms. The predicted molar refractivity (Wildman–Crippen MR) is 101 cm³/mol. The third-order valence-corrected chi connectivity index (χ3v) is 5.39. The summed E-state index contributed by atoms with van der Waals surface area (Å²) in [4.78, 5) is 14.5. The molecule has 4 heteroatoms. The van der Waals surface area contributed by atoms with Crippen molar-refractivity contribution in [2.45, 2.75) is 98.4 Å². The van der Waals surface area contributed by atoms with E-state index < -0.39 is 11.3 Å². The minimum atomic E-state index is -0.615. The molecule has 4 nitrogen and oxygen atoms in total. The highest BCUT2D eigenvalue weighted by molar-refractivity contribution is 5.69. The van der Waals surface area contributed by atoms with E-state index >= 15 is 0 Å². The largest absolute Gasteiger partial charge is 0.444 e. The molecule has 2 atom stereocenters. The van der Waals surface area contributed by atoms with Gasteiger partial charge in [0.25, 0.3) is 0 Å². The molecule has 0 aromatic rings. The maximum atomic E-state index is 12.7. The Kier molecular flexibility index (Phi) is 5.63. The zero-order valence-corrected chi connectivity index (χ0v) is 17.4. The summed E-state index contributed by atoms with van der Waals surface area (Å²) >= 11 is 0. The summed E-state index contributed by atoms with van der Waals surface area (Å²) in [7, 11) is 0. The van der Waals surface area contributed by atoms with E-state index in [1.54, 1.807) is 4.90 Å². The fourth-order valence-corrected chi connectivity index (χ4v) is 3.88. The molecule has 1 saturated heterocycles. The first kappa shape index (κ1) is 20.3.